The SMILES string of the molecule is C[C@H](CCC(=O)Nc1ccnn1C)[C@H]1CC[C@@]2(C)C3=C(CC[C@]12C)[C@@]1(C)CC[C@H](O)C(C)(C)[C@@H]1CC3. The van der Waals surface area contributed by atoms with Gasteiger partial charge >= 0.3 is 0 Å². The molecule has 1 aromatic heterocycles. The molecule has 1 heterocycles. The first-order chi connectivity index (χ1) is 16.8. The minimum atomic E-state index is -0.172. The van der Waals surface area contributed by atoms with Crippen LogP contribution in [0.3, 0.4) is 0 Å². The standard InChI is InChI=1S/C31H49N3O2/c1-20(8-11-27(36)33-26-15-19-32-34(26)7)21-12-17-31(6)23-9-10-24-28(2,3)25(35)14-16-29(24,4)22(23)13-18-30(21,31)5/h15,19-21,24-25,35H,8-14,16-18H2,1-7H3,(H,33,36)/t20-,21-,24+,25+,29-,30-,31+/m1/s1. The first-order valence-corrected chi connectivity index (χ1v) is 14.5. The lowest BCUT2D eigenvalue weighted by molar-refractivity contribution is -0.116. The Hall–Kier alpha value is -1.62. The number of aliphatic hydroxyl groups is 1. The highest BCUT2D eigenvalue weighted by Gasteiger charge is 2.63. The van der Waals surface area contributed by atoms with Gasteiger partial charge in [0.15, 0.2) is 0 Å². The number of carbonyl (C=O) groups excluding carboxylic acids is 1. The summed E-state index contributed by atoms with van der Waals surface area (Å²) >= 11 is 0. The van der Waals surface area contributed by atoms with E-state index in [0.29, 0.717) is 29.6 Å². The molecule has 4 aliphatic carbocycles. The van der Waals surface area contributed by atoms with Crippen molar-refractivity contribution in [2.75, 3.05) is 5.32 Å². The lowest BCUT2D eigenvalue weighted by Gasteiger charge is -2.62. The molecule has 0 aromatic carbocycles. The van der Waals surface area contributed by atoms with Crippen molar-refractivity contribution in [3.05, 3.63) is 23.4 Å². The third-order valence-corrected chi connectivity index (χ3v) is 12.4. The van der Waals surface area contributed by atoms with Crippen LogP contribution in [-0.4, -0.2) is 26.9 Å². The second-order valence-electron chi connectivity index (χ2n) is 14.1. The van der Waals surface area contributed by atoms with Crippen LogP contribution in [0.15, 0.2) is 23.4 Å². The zero-order chi connectivity index (χ0) is 26.1. The van der Waals surface area contributed by atoms with Crippen LogP contribution < -0.4 is 5.32 Å². The van der Waals surface area contributed by atoms with Crippen LogP contribution in [0.25, 0.3) is 0 Å². The zero-order valence-corrected chi connectivity index (χ0v) is 23.8. The molecule has 0 saturated heterocycles. The molecule has 0 aliphatic heterocycles. The lowest BCUT2D eigenvalue weighted by atomic mass is 9.43. The zero-order valence-electron chi connectivity index (χ0n) is 23.8. The number of nitrogens with one attached hydrogen (secondary N) is 1. The first-order valence-electron chi connectivity index (χ1n) is 14.5. The van der Waals surface area contributed by atoms with Gasteiger partial charge in [-0.25, -0.2) is 0 Å². The summed E-state index contributed by atoms with van der Waals surface area (Å²) in [5, 5.41) is 18.0. The summed E-state index contributed by atoms with van der Waals surface area (Å²) in [5.41, 5.74) is 4.39. The largest absolute Gasteiger partial charge is 0.393 e. The Morgan fingerprint density at radius 3 is 2.56 bits per heavy atom. The molecule has 0 unspecified atom stereocenters. The van der Waals surface area contributed by atoms with Crippen LogP contribution in [0.5, 0.6) is 0 Å². The van der Waals surface area contributed by atoms with Gasteiger partial charge in [-0.05, 0) is 97.2 Å². The highest BCUT2D eigenvalue weighted by Crippen LogP contribution is 2.72. The molecule has 7 atom stereocenters. The third-order valence-electron chi connectivity index (χ3n) is 12.4. The van der Waals surface area contributed by atoms with Crippen molar-refractivity contribution in [3.63, 3.8) is 0 Å². The number of amides is 1. The summed E-state index contributed by atoms with van der Waals surface area (Å²) in [4.78, 5) is 12.7. The van der Waals surface area contributed by atoms with Crippen molar-refractivity contribution >= 4 is 11.7 Å². The number of allylic oxidation sites excluding steroid dienone is 2. The van der Waals surface area contributed by atoms with E-state index in [4.69, 9.17) is 0 Å². The normalized spacial score (nSPS) is 40.3. The average Bonchev–Trinajstić information content (AvgIpc) is 3.34. The van der Waals surface area contributed by atoms with Crippen molar-refractivity contribution in [1.29, 1.82) is 0 Å². The second kappa shape index (κ2) is 8.71. The van der Waals surface area contributed by atoms with Gasteiger partial charge in [0.1, 0.15) is 5.82 Å². The van der Waals surface area contributed by atoms with Gasteiger partial charge < -0.3 is 10.4 Å². The predicted octanol–water partition coefficient (Wildman–Crippen LogP) is 6.89. The van der Waals surface area contributed by atoms with Gasteiger partial charge in [0.25, 0.3) is 0 Å². The molecule has 200 valence electrons. The maximum Gasteiger partial charge on any atom is 0.225 e. The van der Waals surface area contributed by atoms with Gasteiger partial charge in [-0.2, -0.15) is 5.10 Å². The number of rotatable bonds is 5. The number of anilines is 1. The van der Waals surface area contributed by atoms with Gasteiger partial charge in [0.05, 0.1) is 12.3 Å². The fourth-order valence-corrected chi connectivity index (χ4v) is 9.89. The number of hydrogen-bond donors (Lipinski definition) is 2. The Bertz CT molecular complexity index is 1060. The number of aromatic nitrogens is 2. The van der Waals surface area contributed by atoms with Crippen LogP contribution in [0, 0.1) is 39.4 Å². The summed E-state index contributed by atoms with van der Waals surface area (Å²) in [7, 11) is 1.86. The number of nitrogens with zero attached hydrogens (tertiary/aromatic N) is 2. The van der Waals surface area contributed by atoms with E-state index in [1.165, 1.54) is 38.5 Å². The van der Waals surface area contributed by atoms with E-state index in [0.717, 1.165) is 25.1 Å². The van der Waals surface area contributed by atoms with Gasteiger partial charge in [-0.3, -0.25) is 9.48 Å². The Kier molecular flexibility index (Phi) is 6.29. The molecule has 1 aromatic rings. The summed E-state index contributed by atoms with van der Waals surface area (Å²) in [6.45, 7) is 14.8. The Labute approximate surface area is 218 Å². The fourth-order valence-electron chi connectivity index (χ4n) is 9.89. The molecule has 1 amide bonds. The van der Waals surface area contributed by atoms with E-state index >= 15 is 0 Å². The molecule has 5 rings (SSSR count). The number of hydrogen-bond acceptors (Lipinski definition) is 3. The van der Waals surface area contributed by atoms with Crippen molar-refractivity contribution in [1.82, 2.24) is 9.78 Å². The molecule has 2 saturated carbocycles. The highest BCUT2D eigenvalue weighted by molar-refractivity contribution is 5.89. The summed E-state index contributed by atoms with van der Waals surface area (Å²) in [6.07, 6.45) is 12.6. The third kappa shape index (κ3) is 3.66. The van der Waals surface area contributed by atoms with E-state index in [2.05, 4.69) is 52.0 Å². The summed E-state index contributed by atoms with van der Waals surface area (Å²) in [6, 6.07) is 1.85. The molecule has 5 heteroatoms. The highest BCUT2D eigenvalue weighted by atomic mass is 16.3. The van der Waals surface area contributed by atoms with Crippen LogP contribution in [0.1, 0.15) is 106 Å². The monoisotopic (exact) mass is 495 g/mol. The van der Waals surface area contributed by atoms with Gasteiger partial charge in [-0.1, -0.05) is 52.7 Å². The van der Waals surface area contributed by atoms with Crippen LogP contribution in [-0.2, 0) is 11.8 Å². The topological polar surface area (TPSA) is 67.2 Å². The van der Waals surface area contributed by atoms with E-state index in [-0.39, 0.29) is 28.3 Å². The van der Waals surface area contributed by atoms with Crippen molar-refractivity contribution < 1.29 is 9.90 Å². The first kappa shape index (κ1) is 26.0. The fraction of sp³-hybridized carbons (Fsp3) is 0.806. The van der Waals surface area contributed by atoms with E-state index in [1.807, 2.05) is 13.1 Å². The van der Waals surface area contributed by atoms with Gasteiger partial charge in [0.2, 0.25) is 5.91 Å². The predicted molar refractivity (Wildman–Crippen MR) is 145 cm³/mol. The molecule has 2 fully saturated rings. The van der Waals surface area contributed by atoms with Crippen LogP contribution >= 0.6 is 0 Å². The van der Waals surface area contributed by atoms with Crippen molar-refractivity contribution in [3.8, 4) is 0 Å². The molecule has 0 bridgehead atoms. The average molecular weight is 496 g/mol. The number of aliphatic hydroxyl groups excluding tert-OH is 1. The number of carbonyl (C=O) groups is 1. The lowest BCUT2D eigenvalue weighted by Crippen LogP contribution is -2.55. The minimum Gasteiger partial charge on any atom is -0.393 e. The number of fused-ring (bicyclic) bond motifs is 4. The van der Waals surface area contributed by atoms with Crippen molar-refractivity contribution in [2.24, 2.45) is 46.5 Å². The molecular formula is C31H49N3O2. The molecule has 0 spiro atoms. The van der Waals surface area contributed by atoms with Crippen LogP contribution in [0.4, 0.5) is 5.82 Å². The summed E-state index contributed by atoms with van der Waals surface area (Å²) in [5.74, 6) is 2.64. The molecular weight excluding hydrogens is 446 g/mol. The molecule has 2 N–H and O–H groups in total. The van der Waals surface area contributed by atoms with Crippen molar-refractivity contribution in [2.45, 2.75) is 112 Å². The molecule has 5 nitrogen and oxygen atoms in total. The maximum atomic E-state index is 12.7. The van der Waals surface area contributed by atoms with Gasteiger partial charge in [0, 0.05) is 19.5 Å². The molecule has 4 aliphatic rings. The van der Waals surface area contributed by atoms with Crippen LogP contribution in [0.2, 0.25) is 0 Å². The quantitative estimate of drug-likeness (QED) is 0.437. The Morgan fingerprint density at radius 1 is 1.11 bits per heavy atom. The second-order valence-corrected chi connectivity index (χ2v) is 14.1. The van der Waals surface area contributed by atoms with Gasteiger partial charge in [-0.15, -0.1) is 0 Å². The molecule has 0 radical (unpaired) electrons. The smallest absolute Gasteiger partial charge is 0.225 e. The Balaban J connectivity index is 1.34. The minimum absolute atomic E-state index is 0.00401. The maximum absolute atomic E-state index is 12.7. The van der Waals surface area contributed by atoms with E-state index < -0.39 is 0 Å². The Morgan fingerprint density at radius 2 is 1.86 bits per heavy atom. The summed E-state index contributed by atoms with van der Waals surface area (Å²) < 4.78 is 1.71. The number of aryl methyl sites for hydroxylation is 1. The van der Waals surface area contributed by atoms with E-state index in [9.17, 15) is 9.90 Å². The van der Waals surface area contributed by atoms with E-state index in [1.54, 1.807) is 22.0 Å². The molecule has 36 heavy (non-hydrogen) atoms.